The molecule has 2 atom stereocenters. The lowest BCUT2D eigenvalue weighted by Gasteiger charge is -2.35. The monoisotopic (exact) mass is 538 g/mol. The van der Waals surface area contributed by atoms with E-state index in [0.29, 0.717) is 34.7 Å². The molecule has 0 amide bonds. The molecule has 4 aromatic rings. The summed E-state index contributed by atoms with van der Waals surface area (Å²) in [6.07, 6.45) is 7.15. The highest BCUT2D eigenvalue weighted by Gasteiger charge is 2.44. The molecule has 4 aliphatic heterocycles. The van der Waals surface area contributed by atoms with Gasteiger partial charge in [0.2, 0.25) is 5.95 Å². The third-order valence-corrected chi connectivity index (χ3v) is 9.83. The molecular weight excluding hydrogens is 503 g/mol. The average molecular weight is 539 g/mol. The Kier molecular flexibility index (Phi) is 5.64. The molecule has 4 saturated heterocycles. The first-order valence-electron chi connectivity index (χ1n) is 14.8. The van der Waals surface area contributed by atoms with Gasteiger partial charge in [-0.05, 0) is 86.1 Å². The molecule has 1 aromatic heterocycles. The minimum Gasteiger partial charge on any atom is -0.508 e. The summed E-state index contributed by atoms with van der Waals surface area (Å²) in [6.45, 7) is 4.82. The molecule has 8 rings (SSSR count). The molecule has 4 aliphatic rings. The van der Waals surface area contributed by atoms with Crippen molar-refractivity contribution in [2.45, 2.75) is 56.1 Å². The lowest BCUT2D eigenvalue weighted by Crippen LogP contribution is -2.51. The number of nitrogens with zero attached hydrogens (tertiary/aromatic N) is 4. The first kappa shape index (κ1) is 24.3. The number of halogens is 1. The van der Waals surface area contributed by atoms with Crippen molar-refractivity contribution < 1.29 is 9.50 Å². The Morgan fingerprint density at radius 1 is 0.950 bits per heavy atom. The Labute approximate surface area is 233 Å². The van der Waals surface area contributed by atoms with E-state index in [1.807, 2.05) is 36.4 Å². The number of hydrogen-bond donors (Lipinski definition) is 3. The van der Waals surface area contributed by atoms with Crippen LogP contribution in [0.25, 0.3) is 32.8 Å². The second-order valence-corrected chi connectivity index (χ2v) is 12.2. The van der Waals surface area contributed by atoms with E-state index < -0.39 is 0 Å². The molecule has 40 heavy (non-hydrogen) atoms. The van der Waals surface area contributed by atoms with Crippen molar-refractivity contribution in [2.75, 3.05) is 42.9 Å². The van der Waals surface area contributed by atoms with Gasteiger partial charge in [0.15, 0.2) is 5.82 Å². The minimum atomic E-state index is -0.375. The zero-order chi connectivity index (χ0) is 26.8. The SMILES string of the molecule is Oc1cc(-c2ccc3c(N4C[C@H]5CC[C@@H](C4)N5)nc(NCC45CCCN4CCC5)nc3c2F)c2ccccc2c1. The van der Waals surface area contributed by atoms with Gasteiger partial charge in [-0.15, -0.1) is 0 Å². The van der Waals surface area contributed by atoms with Gasteiger partial charge in [0, 0.05) is 48.2 Å². The lowest BCUT2D eigenvalue weighted by atomic mass is 9.94. The molecule has 3 aromatic carbocycles. The quantitative estimate of drug-likeness (QED) is 0.319. The van der Waals surface area contributed by atoms with Crippen LogP contribution in [0.3, 0.4) is 0 Å². The Morgan fingerprint density at radius 2 is 1.73 bits per heavy atom. The predicted octanol–water partition coefficient (Wildman–Crippen LogP) is 5.28. The van der Waals surface area contributed by atoms with Crippen molar-refractivity contribution in [3.8, 4) is 16.9 Å². The number of piperazine rings is 1. The van der Waals surface area contributed by atoms with E-state index in [4.69, 9.17) is 9.97 Å². The molecule has 3 N–H and O–H groups in total. The van der Waals surface area contributed by atoms with Crippen LogP contribution in [0, 0.1) is 5.82 Å². The number of phenolic OH excluding ortho intramolecular Hbond substituents is 1. The van der Waals surface area contributed by atoms with Crippen LogP contribution >= 0.6 is 0 Å². The van der Waals surface area contributed by atoms with Gasteiger partial charge in [0.05, 0.1) is 0 Å². The topological polar surface area (TPSA) is 76.6 Å². The van der Waals surface area contributed by atoms with Crippen LogP contribution in [0.1, 0.15) is 38.5 Å². The van der Waals surface area contributed by atoms with Gasteiger partial charge in [-0.1, -0.05) is 30.3 Å². The number of anilines is 2. The maximum absolute atomic E-state index is 16.6. The number of rotatable bonds is 5. The van der Waals surface area contributed by atoms with Crippen LogP contribution in [0.5, 0.6) is 5.75 Å². The standard InChI is InChI=1S/C32H35FN6O/c33-28-25(27-16-23(40)15-20-5-1-2-6-24(20)27)9-10-26-29(28)36-31(34-19-32-11-3-13-39(32)14-4-12-32)37-30(26)38-17-21-7-8-22(18-38)35-21/h1-2,5-6,9-10,15-16,21-22,35,40H,3-4,7-8,11-14,17-19H2,(H,34,36,37)/t21-,22+. The normalized spacial score (nSPS) is 23.8. The van der Waals surface area contributed by atoms with E-state index in [-0.39, 0.29) is 17.1 Å². The molecule has 4 fully saturated rings. The van der Waals surface area contributed by atoms with E-state index in [2.05, 4.69) is 20.4 Å². The van der Waals surface area contributed by atoms with Crippen LogP contribution < -0.4 is 15.5 Å². The number of aromatic hydroxyl groups is 1. The first-order chi connectivity index (χ1) is 19.6. The molecule has 5 heterocycles. The zero-order valence-electron chi connectivity index (χ0n) is 22.7. The minimum absolute atomic E-state index is 0.118. The fourth-order valence-corrected chi connectivity index (χ4v) is 7.92. The molecule has 0 radical (unpaired) electrons. The molecule has 0 unspecified atom stereocenters. The fraction of sp³-hybridized carbons (Fsp3) is 0.438. The van der Waals surface area contributed by atoms with Crippen molar-refractivity contribution in [3.63, 3.8) is 0 Å². The van der Waals surface area contributed by atoms with Crippen molar-refractivity contribution >= 4 is 33.4 Å². The molecule has 0 spiro atoms. The van der Waals surface area contributed by atoms with Crippen molar-refractivity contribution in [1.82, 2.24) is 20.2 Å². The summed E-state index contributed by atoms with van der Waals surface area (Å²) in [6, 6.07) is 15.8. The summed E-state index contributed by atoms with van der Waals surface area (Å²) < 4.78 is 16.6. The fourth-order valence-electron chi connectivity index (χ4n) is 7.92. The summed E-state index contributed by atoms with van der Waals surface area (Å²) in [4.78, 5) is 14.8. The van der Waals surface area contributed by atoms with E-state index in [1.54, 1.807) is 12.1 Å². The van der Waals surface area contributed by atoms with Gasteiger partial charge in [-0.25, -0.2) is 9.37 Å². The third kappa shape index (κ3) is 3.91. The van der Waals surface area contributed by atoms with E-state index in [1.165, 1.54) is 25.7 Å². The van der Waals surface area contributed by atoms with Crippen LogP contribution in [0.15, 0.2) is 48.5 Å². The third-order valence-electron chi connectivity index (χ3n) is 9.83. The van der Waals surface area contributed by atoms with Crippen molar-refractivity contribution in [3.05, 3.63) is 54.3 Å². The maximum Gasteiger partial charge on any atom is 0.225 e. The lowest BCUT2D eigenvalue weighted by molar-refractivity contribution is 0.209. The predicted molar refractivity (Wildman–Crippen MR) is 158 cm³/mol. The second kappa shape index (κ2) is 9.28. The molecule has 7 nitrogen and oxygen atoms in total. The van der Waals surface area contributed by atoms with Crippen LogP contribution in [-0.2, 0) is 0 Å². The molecule has 0 saturated carbocycles. The largest absolute Gasteiger partial charge is 0.508 e. The first-order valence-corrected chi connectivity index (χ1v) is 14.8. The zero-order valence-corrected chi connectivity index (χ0v) is 22.7. The Bertz CT molecular complexity index is 1600. The summed E-state index contributed by atoms with van der Waals surface area (Å²) in [7, 11) is 0. The van der Waals surface area contributed by atoms with Crippen molar-refractivity contribution in [1.29, 1.82) is 0 Å². The number of hydrogen-bond acceptors (Lipinski definition) is 7. The van der Waals surface area contributed by atoms with Gasteiger partial charge < -0.3 is 20.6 Å². The highest BCUT2D eigenvalue weighted by atomic mass is 19.1. The summed E-state index contributed by atoms with van der Waals surface area (Å²) in [5.74, 6) is 1.05. The highest BCUT2D eigenvalue weighted by molar-refractivity contribution is 6.01. The van der Waals surface area contributed by atoms with Crippen LogP contribution in [-0.4, -0.2) is 70.3 Å². The van der Waals surface area contributed by atoms with Gasteiger partial charge in [-0.3, -0.25) is 4.90 Å². The Balaban J connectivity index is 1.25. The van der Waals surface area contributed by atoms with E-state index >= 15 is 4.39 Å². The average Bonchev–Trinajstić information content (AvgIpc) is 3.65. The molecule has 2 bridgehead atoms. The Morgan fingerprint density at radius 3 is 2.52 bits per heavy atom. The number of nitrogens with one attached hydrogen (secondary N) is 2. The van der Waals surface area contributed by atoms with Crippen LogP contribution in [0.2, 0.25) is 0 Å². The number of benzene rings is 3. The van der Waals surface area contributed by atoms with Gasteiger partial charge in [0.25, 0.3) is 0 Å². The molecule has 8 heteroatoms. The summed E-state index contributed by atoms with van der Waals surface area (Å²) in [5.41, 5.74) is 1.59. The Hall–Kier alpha value is -3.49. The summed E-state index contributed by atoms with van der Waals surface area (Å²) >= 11 is 0. The number of phenols is 1. The van der Waals surface area contributed by atoms with Gasteiger partial charge in [-0.2, -0.15) is 4.98 Å². The van der Waals surface area contributed by atoms with E-state index in [0.717, 1.165) is 67.5 Å². The number of fused-ring (bicyclic) bond motifs is 5. The van der Waals surface area contributed by atoms with Crippen molar-refractivity contribution in [2.24, 2.45) is 0 Å². The van der Waals surface area contributed by atoms with Gasteiger partial charge >= 0.3 is 0 Å². The summed E-state index contributed by atoms with van der Waals surface area (Å²) in [5, 5.41) is 20.2. The van der Waals surface area contributed by atoms with E-state index in [9.17, 15) is 5.11 Å². The smallest absolute Gasteiger partial charge is 0.225 e. The van der Waals surface area contributed by atoms with Gasteiger partial charge in [0.1, 0.15) is 17.1 Å². The molecule has 206 valence electrons. The second-order valence-electron chi connectivity index (χ2n) is 12.2. The van der Waals surface area contributed by atoms with Crippen LogP contribution in [0.4, 0.5) is 16.2 Å². The highest BCUT2D eigenvalue weighted by Crippen LogP contribution is 2.41. The molecule has 0 aliphatic carbocycles. The number of aromatic nitrogens is 2. The molecular formula is C32H35FN6O. The maximum atomic E-state index is 16.6.